The summed E-state index contributed by atoms with van der Waals surface area (Å²) in [5.41, 5.74) is 0.582. The van der Waals surface area contributed by atoms with E-state index in [-0.39, 0.29) is 17.6 Å². The second-order valence-electron chi connectivity index (χ2n) is 6.51. The Kier molecular flexibility index (Phi) is 6.20. The number of carbonyl (C=O) groups is 2. The maximum Gasteiger partial charge on any atom is 0.360 e. The Morgan fingerprint density at radius 2 is 1.59 bits per heavy atom. The summed E-state index contributed by atoms with van der Waals surface area (Å²) in [6.45, 7) is 1.07. The highest BCUT2D eigenvalue weighted by atomic mass is 16.5. The first-order valence-electron chi connectivity index (χ1n) is 9.11. The molecule has 1 saturated heterocycles. The van der Waals surface area contributed by atoms with Crippen molar-refractivity contribution in [3.05, 3.63) is 29.6 Å². The Bertz CT molecular complexity index is 889. The van der Waals surface area contributed by atoms with Crippen LogP contribution >= 0.6 is 0 Å². The number of piperidine rings is 1. The molecule has 1 fully saturated rings. The minimum atomic E-state index is -0.524. The molecule has 2 aromatic rings. The molecular weight excluding hydrogens is 380 g/mol. The van der Waals surface area contributed by atoms with Gasteiger partial charge >= 0.3 is 5.97 Å². The van der Waals surface area contributed by atoms with Crippen molar-refractivity contribution in [1.82, 2.24) is 19.9 Å². The third kappa shape index (κ3) is 4.10. The largest absolute Gasteiger partial charge is 0.496 e. The predicted octanol–water partition coefficient (Wildman–Crippen LogP) is 1.57. The van der Waals surface area contributed by atoms with Gasteiger partial charge in [-0.2, -0.15) is 0 Å². The van der Waals surface area contributed by atoms with Gasteiger partial charge in [-0.05, 0) is 12.8 Å². The molecule has 0 spiro atoms. The van der Waals surface area contributed by atoms with Gasteiger partial charge in [-0.1, -0.05) is 5.21 Å². The summed E-state index contributed by atoms with van der Waals surface area (Å²) in [6.07, 6.45) is 2.95. The lowest BCUT2D eigenvalue weighted by Gasteiger charge is -2.32. The standard InChI is InChI=1S/C19H24N4O6/c1-26-15-10-17(28-3)16(27-2)9-13(15)18(24)22-7-5-12(6-8-22)23-11-14(20-21-23)19(25)29-4/h9-12H,5-8H2,1-4H3. The fraction of sp³-hybridized carbons (Fsp3) is 0.474. The lowest BCUT2D eigenvalue weighted by Crippen LogP contribution is -2.39. The monoisotopic (exact) mass is 404 g/mol. The number of benzene rings is 1. The van der Waals surface area contributed by atoms with Gasteiger partial charge in [-0.15, -0.1) is 5.10 Å². The highest BCUT2D eigenvalue weighted by molar-refractivity contribution is 5.98. The van der Waals surface area contributed by atoms with Crippen LogP contribution in [-0.2, 0) is 4.74 Å². The van der Waals surface area contributed by atoms with E-state index in [1.807, 2.05) is 0 Å². The Labute approximate surface area is 168 Å². The molecule has 1 aromatic heterocycles. The highest BCUT2D eigenvalue weighted by Gasteiger charge is 2.28. The topological polar surface area (TPSA) is 105 Å². The predicted molar refractivity (Wildman–Crippen MR) is 102 cm³/mol. The van der Waals surface area contributed by atoms with E-state index in [9.17, 15) is 9.59 Å². The smallest absolute Gasteiger partial charge is 0.360 e. The van der Waals surface area contributed by atoms with Gasteiger partial charge in [0.1, 0.15) is 5.75 Å². The van der Waals surface area contributed by atoms with E-state index in [0.29, 0.717) is 48.7 Å². The van der Waals surface area contributed by atoms with Crippen LogP contribution in [0.3, 0.4) is 0 Å². The number of amides is 1. The summed E-state index contributed by atoms with van der Waals surface area (Å²) >= 11 is 0. The van der Waals surface area contributed by atoms with Crippen molar-refractivity contribution in [3.63, 3.8) is 0 Å². The van der Waals surface area contributed by atoms with E-state index in [4.69, 9.17) is 14.2 Å². The van der Waals surface area contributed by atoms with Gasteiger partial charge in [-0.3, -0.25) is 4.79 Å². The quantitative estimate of drug-likeness (QED) is 0.668. The first kappa shape index (κ1) is 20.4. The maximum atomic E-state index is 13.1. The molecule has 0 N–H and O–H groups in total. The molecule has 0 aliphatic carbocycles. The molecule has 10 heteroatoms. The number of ether oxygens (including phenoxy) is 4. The third-order valence-electron chi connectivity index (χ3n) is 4.97. The third-order valence-corrected chi connectivity index (χ3v) is 4.97. The van der Waals surface area contributed by atoms with Gasteiger partial charge in [0.05, 0.1) is 46.2 Å². The van der Waals surface area contributed by atoms with Crippen molar-refractivity contribution in [2.24, 2.45) is 0 Å². The molecule has 3 rings (SSSR count). The minimum absolute atomic E-state index is 0.0530. The number of esters is 1. The first-order chi connectivity index (χ1) is 14.0. The molecule has 10 nitrogen and oxygen atoms in total. The lowest BCUT2D eigenvalue weighted by atomic mass is 10.0. The van der Waals surface area contributed by atoms with Gasteiger partial charge < -0.3 is 23.8 Å². The number of likely N-dealkylation sites (tertiary alicyclic amines) is 1. The van der Waals surface area contributed by atoms with E-state index in [1.54, 1.807) is 27.9 Å². The van der Waals surface area contributed by atoms with Gasteiger partial charge in [0.25, 0.3) is 5.91 Å². The van der Waals surface area contributed by atoms with Crippen LogP contribution in [-0.4, -0.2) is 73.3 Å². The normalized spacial score (nSPS) is 14.4. The van der Waals surface area contributed by atoms with Gasteiger partial charge in [-0.25, -0.2) is 9.48 Å². The number of nitrogens with zero attached hydrogens (tertiary/aromatic N) is 4. The summed E-state index contributed by atoms with van der Waals surface area (Å²) in [7, 11) is 5.85. The lowest BCUT2D eigenvalue weighted by molar-refractivity contribution is 0.0593. The van der Waals surface area contributed by atoms with Crippen molar-refractivity contribution in [3.8, 4) is 17.2 Å². The molecule has 0 atom stereocenters. The van der Waals surface area contributed by atoms with E-state index < -0.39 is 5.97 Å². The number of methoxy groups -OCH3 is 4. The number of rotatable bonds is 6. The van der Waals surface area contributed by atoms with Crippen molar-refractivity contribution in [1.29, 1.82) is 0 Å². The van der Waals surface area contributed by atoms with E-state index in [2.05, 4.69) is 15.0 Å². The minimum Gasteiger partial charge on any atom is -0.496 e. The molecule has 1 amide bonds. The van der Waals surface area contributed by atoms with Crippen molar-refractivity contribution >= 4 is 11.9 Å². The molecular formula is C19H24N4O6. The molecule has 1 aromatic carbocycles. The molecule has 1 aliphatic rings. The second-order valence-corrected chi connectivity index (χ2v) is 6.51. The SMILES string of the molecule is COC(=O)c1cn(C2CCN(C(=O)c3cc(OC)c(OC)cc3OC)CC2)nn1. The van der Waals surface area contributed by atoms with Gasteiger partial charge in [0.15, 0.2) is 17.2 Å². The van der Waals surface area contributed by atoms with E-state index in [0.717, 1.165) is 0 Å². The van der Waals surface area contributed by atoms with Gasteiger partial charge in [0.2, 0.25) is 0 Å². The second kappa shape index (κ2) is 8.80. The molecule has 2 heterocycles. The molecule has 0 radical (unpaired) electrons. The Balaban J connectivity index is 1.72. The Hall–Kier alpha value is -3.30. The summed E-state index contributed by atoms with van der Waals surface area (Å²) in [4.78, 5) is 26.4. The van der Waals surface area contributed by atoms with E-state index in [1.165, 1.54) is 28.4 Å². The van der Waals surface area contributed by atoms with Crippen LogP contribution < -0.4 is 14.2 Å². The Morgan fingerprint density at radius 1 is 0.966 bits per heavy atom. The van der Waals surface area contributed by atoms with Crippen LogP contribution in [0.2, 0.25) is 0 Å². The highest BCUT2D eigenvalue weighted by Crippen LogP contribution is 2.35. The van der Waals surface area contributed by atoms with Crippen LogP contribution in [0.15, 0.2) is 18.3 Å². The fourth-order valence-corrected chi connectivity index (χ4v) is 3.35. The molecule has 0 unspecified atom stereocenters. The van der Waals surface area contributed by atoms with Crippen LogP contribution in [0.4, 0.5) is 0 Å². The molecule has 0 bridgehead atoms. The first-order valence-corrected chi connectivity index (χ1v) is 9.11. The molecule has 1 aliphatic heterocycles. The zero-order chi connectivity index (χ0) is 21.0. The van der Waals surface area contributed by atoms with E-state index >= 15 is 0 Å². The van der Waals surface area contributed by atoms with Crippen LogP contribution in [0, 0.1) is 0 Å². The number of hydrogen-bond donors (Lipinski definition) is 0. The van der Waals surface area contributed by atoms with Crippen LogP contribution in [0.25, 0.3) is 0 Å². The summed E-state index contributed by atoms with van der Waals surface area (Å²) < 4.78 is 22.3. The zero-order valence-electron chi connectivity index (χ0n) is 16.9. The number of hydrogen-bond acceptors (Lipinski definition) is 8. The Morgan fingerprint density at radius 3 is 2.17 bits per heavy atom. The molecule has 29 heavy (non-hydrogen) atoms. The van der Waals surface area contributed by atoms with Crippen LogP contribution in [0.5, 0.6) is 17.2 Å². The fourth-order valence-electron chi connectivity index (χ4n) is 3.35. The summed E-state index contributed by atoms with van der Waals surface area (Å²) in [5, 5.41) is 7.86. The van der Waals surface area contributed by atoms with Crippen molar-refractivity contribution in [2.75, 3.05) is 41.5 Å². The summed E-state index contributed by atoms with van der Waals surface area (Å²) in [6, 6.07) is 3.33. The molecule has 0 saturated carbocycles. The zero-order valence-corrected chi connectivity index (χ0v) is 16.9. The van der Waals surface area contributed by atoms with Gasteiger partial charge in [0, 0.05) is 25.2 Å². The summed E-state index contributed by atoms with van der Waals surface area (Å²) in [5.74, 6) is 0.713. The van der Waals surface area contributed by atoms with Crippen molar-refractivity contribution < 1.29 is 28.5 Å². The van der Waals surface area contributed by atoms with Crippen molar-refractivity contribution in [2.45, 2.75) is 18.9 Å². The average molecular weight is 404 g/mol. The number of aromatic nitrogens is 3. The molecule has 156 valence electrons. The van der Waals surface area contributed by atoms with Crippen LogP contribution in [0.1, 0.15) is 39.7 Å². The number of carbonyl (C=O) groups excluding carboxylic acids is 2. The average Bonchev–Trinajstić information content (AvgIpc) is 3.27. The maximum absolute atomic E-state index is 13.1.